The lowest BCUT2D eigenvalue weighted by molar-refractivity contribution is -0.129. The van der Waals surface area contributed by atoms with Crippen LogP contribution in [-0.2, 0) is 19.6 Å². The predicted octanol–water partition coefficient (Wildman–Crippen LogP) is 0.172. The number of halogens is 1. The molecular weight excluding hydrogens is 292 g/mol. The Kier molecular flexibility index (Phi) is 7.06. The topological polar surface area (TPSA) is 75.7 Å². The molecule has 19 heavy (non-hydrogen) atoms. The van der Waals surface area contributed by atoms with Crippen molar-refractivity contribution in [2.45, 2.75) is 25.8 Å². The summed E-state index contributed by atoms with van der Waals surface area (Å²) in [6.45, 7) is 3.11. The normalized spacial score (nSPS) is 21.3. The summed E-state index contributed by atoms with van der Waals surface area (Å²) < 4.78 is 30.8. The number of hydrogen-bond donors (Lipinski definition) is 1. The van der Waals surface area contributed by atoms with Gasteiger partial charge in [-0.25, -0.2) is 8.42 Å². The van der Waals surface area contributed by atoms with Gasteiger partial charge in [0.05, 0.1) is 19.0 Å². The van der Waals surface area contributed by atoms with Gasteiger partial charge < -0.3 is 10.1 Å². The average Bonchev–Trinajstić information content (AvgIpc) is 2.42. The fraction of sp³-hybridized carbons (Fsp3) is 0.909. The third-order valence-electron chi connectivity index (χ3n) is 2.82. The fourth-order valence-corrected chi connectivity index (χ4v) is 3.78. The van der Waals surface area contributed by atoms with Crippen LogP contribution < -0.4 is 5.32 Å². The maximum Gasteiger partial charge on any atom is 0.240 e. The molecule has 1 unspecified atom stereocenters. The molecule has 0 aromatic rings. The van der Waals surface area contributed by atoms with Crippen molar-refractivity contribution >= 4 is 27.5 Å². The van der Waals surface area contributed by atoms with Crippen molar-refractivity contribution < 1.29 is 17.9 Å². The van der Waals surface area contributed by atoms with Crippen molar-refractivity contribution in [1.82, 2.24) is 9.62 Å². The van der Waals surface area contributed by atoms with Crippen molar-refractivity contribution in [2.75, 3.05) is 37.9 Å². The summed E-state index contributed by atoms with van der Waals surface area (Å²) in [5.41, 5.74) is 0. The van der Waals surface area contributed by atoms with E-state index in [-0.39, 0.29) is 30.7 Å². The van der Waals surface area contributed by atoms with Gasteiger partial charge >= 0.3 is 0 Å². The molecule has 1 aliphatic rings. The minimum absolute atomic E-state index is 0.0337. The van der Waals surface area contributed by atoms with Gasteiger partial charge in [-0.3, -0.25) is 4.79 Å². The standard InChI is InChI=1S/C11H21ClN2O4S/c1-2-5-13-11(15)10-9-18-7-6-14(10)19(16,17)8-3-4-12/h10H,2-9H2,1H3,(H,13,15). The van der Waals surface area contributed by atoms with E-state index in [0.29, 0.717) is 19.6 Å². The lowest BCUT2D eigenvalue weighted by Gasteiger charge is -2.33. The lowest BCUT2D eigenvalue weighted by Crippen LogP contribution is -2.56. The summed E-state index contributed by atoms with van der Waals surface area (Å²) in [6, 6.07) is -0.763. The van der Waals surface area contributed by atoms with E-state index in [1.165, 1.54) is 4.31 Å². The Morgan fingerprint density at radius 1 is 1.53 bits per heavy atom. The molecule has 0 spiro atoms. The van der Waals surface area contributed by atoms with Gasteiger partial charge in [-0.05, 0) is 12.8 Å². The van der Waals surface area contributed by atoms with Crippen LogP contribution >= 0.6 is 11.6 Å². The minimum atomic E-state index is -3.46. The number of sulfonamides is 1. The number of carbonyl (C=O) groups excluding carboxylic acids is 1. The summed E-state index contributed by atoms with van der Waals surface area (Å²) in [6.07, 6.45) is 1.18. The summed E-state index contributed by atoms with van der Waals surface area (Å²) >= 11 is 5.53. The third-order valence-corrected chi connectivity index (χ3v) is 5.05. The lowest BCUT2D eigenvalue weighted by atomic mass is 10.2. The number of nitrogens with zero attached hydrogens (tertiary/aromatic N) is 1. The van der Waals surface area contributed by atoms with E-state index in [0.717, 1.165) is 6.42 Å². The SMILES string of the molecule is CCCNC(=O)C1COCCN1S(=O)(=O)CCCCl. The highest BCUT2D eigenvalue weighted by Gasteiger charge is 2.36. The van der Waals surface area contributed by atoms with Crippen LogP contribution in [0.5, 0.6) is 0 Å². The average molecular weight is 313 g/mol. The second-order valence-electron chi connectivity index (χ2n) is 4.35. The summed E-state index contributed by atoms with van der Waals surface area (Å²) in [4.78, 5) is 12.0. The molecule has 6 nitrogen and oxygen atoms in total. The highest BCUT2D eigenvalue weighted by atomic mass is 35.5. The zero-order valence-corrected chi connectivity index (χ0v) is 12.7. The number of ether oxygens (including phenoxy) is 1. The van der Waals surface area contributed by atoms with E-state index in [4.69, 9.17) is 16.3 Å². The number of morpholine rings is 1. The van der Waals surface area contributed by atoms with Gasteiger partial charge in [0.25, 0.3) is 0 Å². The zero-order chi connectivity index (χ0) is 14.3. The highest BCUT2D eigenvalue weighted by molar-refractivity contribution is 7.89. The van der Waals surface area contributed by atoms with Crippen LogP contribution in [0.4, 0.5) is 0 Å². The minimum Gasteiger partial charge on any atom is -0.378 e. The Balaban J connectivity index is 2.74. The molecular formula is C11H21ClN2O4S. The Morgan fingerprint density at radius 2 is 2.26 bits per heavy atom. The second kappa shape index (κ2) is 8.04. The van der Waals surface area contributed by atoms with Crippen LogP contribution in [0.25, 0.3) is 0 Å². The van der Waals surface area contributed by atoms with Gasteiger partial charge in [-0.2, -0.15) is 4.31 Å². The summed E-state index contributed by atoms with van der Waals surface area (Å²) in [7, 11) is -3.46. The number of nitrogens with one attached hydrogen (secondary N) is 1. The summed E-state index contributed by atoms with van der Waals surface area (Å²) in [5.74, 6) is -0.0411. The van der Waals surface area contributed by atoms with Gasteiger partial charge in [0, 0.05) is 19.0 Å². The van der Waals surface area contributed by atoms with Gasteiger partial charge in [-0.1, -0.05) is 6.92 Å². The van der Waals surface area contributed by atoms with Crippen molar-refractivity contribution in [3.63, 3.8) is 0 Å². The van der Waals surface area contributed by atoms with Crippen molar-refractivity contribution in [3.05, 3.63) is 0 Å². The monoisotopic (exact) mass is 312 g/mol. The molecule has 1 saturated heterocycles. The molecule has 1 fully saturated rings. The zero-order valence-electron chi connectivity index (χ0n) is 11.1. The molecule has 1 heterocycles. The molecule has 0 aromatic carbocycles. The molecule has 1 rings (SSSR count). The number of hydrogen-bond acceptors (Lipinski definition) is 4. The first-order chi connectivity index (χ1) is 9.03. The first-order valence-corrected chi connectivity index (χ1v) is 8.58. The van der Waals surface area contributed by atoms with Crippen molar-refractivity contribution in [2.24, 2.45) is 0 Å². The maximum atomic E-state index is 12.2. The highest BCUT2D eigenvalue weighted by Crippen LogP contribution is 2.14. The molecule has 1 aliphatic heterocycles. The Hall–Kier alpha value is -0.370. The van der Waals surface area contributed by atoms with Crippen LogP contribution in [-0.4, -0.2) is 62.6 Å². The molecule has 0 radical (unpaired) electrons. The smallest absolute Gasteiger partial charge is 0.240 e. The van der Waals surface area contributed by atoms with E-state index >= 15 is 0 Å². The largest absolute Gasteiger partial charge is 0.378 e. The van der Waals surface area contributed by atoms with Crippen LogP contribution in [0.15, 0.2) is 0 Å². The van der Waals surface area contributed by atoms with Crippen LogP contribution in [0.2, 0.25) is 0 Å². The Labute approximate surface area is 119 Å². The van der Waals surface area contributed by atoms with Crippen LogP contribution in [0, 0.1) is 0 Å². The van der Waals surface area contributed by atoms with Gasteiger partial charge in [0.1, 0.15) is 6.04 Å². The molecule has 1 atom stereocenters. The van der Waals surface area contributed by atoms with Crippen molar-refractivity contribution in [1.29, 1.82) is 0 Å². The molecule has 0 bridgehead atoms. The van der Waals surface area contributed by atoms with E-state index in [2.05, 4.69) is 5.32 Å². The molecule has 0 aliphatic carbocycles. The molecule has 112 valence electrons. The molecule has 8 heteroatoms. The third kappa shape index (κ3) is 4.91. The van der Waals surface area contributed by atoms with Crippen LogP contribution in [0.1, 0.15) is 19.8 Å². The Morgan fingerprint density at radius 3 is 2.89 bits per heavy atom. The first kappa shape index (κ1) is 16.7. The molecule has 1 amide bonds. The first-order valence-electron chi connectivity index (χ1n) is 6.44. The number of carbonyl (C=O) groups is 1. The molecule has 0 aromatic heterocycles. The number of rotatable bonds is 7. The van der Waals surface area contributed by atoms with E-state index in [1.807, 2.05) is 6.92 Å². The van der Waals surface area contributed by atoms with E-state index in [9.17, 15) is 13.2 Å². The van der Waals surface area contributed by atoms with Gasteiger partial charge in [0.15, 0.2) is 0 Å². The number of alkyl halides is 1. The fourth-order valence-electron chi connectivity index (χ4n) is 1.85. The summed E-state index contributed by atoms with van der Waals surface area (Å²) in [5, 5.41) is 2.71. The van der Waals surface area contributed by atoms with Crippen LogP contribution in [0.3, 0.4) is 0 Å². The predicted molar refractivity (Wildman–Crippen MR) is 73.7 cm³/mol. The van der Waals surface area contributed by atoms with Crippen molar-refractivity contribution in [3.8, 4) is 0 Å². The van der Waals surface area contributed by atoms with Gasteiger partial charge in [-0.15, -0.1) is 11.6 Å². The molecule has 1 N–H and O–H groups in total. The number of amides is 1. The van der Waals surface area contributed by atoms with E-state index < -0.39 is 16.1 Å². The Bertz CT molecular complexity index is 388. The maximum absolute atomic E-state index is 12.2. The van der Waals surface area contributed by atoms with Gasteiger partial charge in [0.2, 0.25) is 15.9 Å². The quantitative estimate of drug-likeness (QED) is 0.680. The molecule has 0 saturated carbocycles. The second-order valence-corrected chi connectivity index (χ2v) is 6.77. The van der Waals surface area contributed by atoms with E-state index in [1.54, 1.807) is 0 Å².